The summed E-state index contributed by atoms with van der Waals surface area (Å²) in [5, 5.41) is 4.27. The van der Waals surface area contributed by atoms with Crippen LogP contribution in [0.3, 0.4) is 0 Å². The lowest BCUT2D eigenvalue weighted by atomic mass is 10.1. The number of carbonyl (C=O) groups is 1. The van der Waals surface area contributed by atoms with Crippen molar-refractivity contribution in [1.82, 2.24) is 9.97 Å². The molecule has 0 spiro atoms. The van der Waals surface area contributed by atoms with Gasteiger partial charge in [0.15, 0.2) is 6.29 Å². The highest BCUT2D eigenvalue weighted by atomic mass is 16.1. The van der Waals surface area contributed by atoms with Gasteiger partial charge in [0.2, 0.25) is 0 Å². The second-order valence-electron chi connectivity index (χ2n) is 5.36. The van der Waals surface area contributed by atoms with Gasteiger partial charge >= 0.3 is 0 Å². The Morgan fingerprint density at radius 1 is 1.14 bits per heavy atom. The highest BCUT2D eigenvalue weighted by molar-refractivity contribution is 5.99. The number of carbonyl (C=O) groups excluding carboxylic acids is 1. The molecule has 0 aliphatic rings. The van der Waals surface area contributed by atoms with Gasteiger partial charge in [0.25, 0.3) is 0 Å². The van der Waals surface area contributed by atoms with Crippen molar-refractivity contribution in [2.24, 2.45) is 0 Å². The van der Waals surface area contributed by atoms with E-state index < -0.39 is 0 Å². The third-order valence-corrected chi connectivity index (χ3v) is 3.72. The number of nitrogens with zero attached hydrogens (tertiary/aromatic N) is 2. The summed E-state index contributed by atoms with van der Waals surface area (Å²) in [5.41, 5.74) is 3.66. The van der Waals surface area contributed by atoms with Gasteiger partial charge in [-0.3, -0.25) is 4.79 Å². The molecule has 3 aromatic rings. The number of hydrogen-bond donors (Lipinski definition) is 1. The molecule has 1 N–H and O–H groups in total. The third kappa shape index (κ3) is 2.68. The molecule has 0 fully saturated rings. The van der Waals surface area contributed by atoms with Gasteiger partial charge in [-0.1, -0.05) is 35.9 Å². The van der Waals surface area contributed by atoms with Crippen LogP contribution in [-0.4, -0.2) is 16.3 Å². The molecule has 110 valence electrons. The van der Waals surface area contributed by atoms with Crippen molar-refractivity contribution >= 4 is 23.0 Å². The van der Waals surface area contributed by atoms with Crippen LogP contribution in [0.1, 0.15) is 34.5 Å². The fourth-order valence-electron chi connectivity index (χ4n) is 2.55. The van der Waals surface area contributed by atoms with E-state index in [1.807, 2.05) is 18.2 Å². The normalized spacial score (nSPS) is 12.1. The maximum Gasteiger partial charge on any atom is 0.152 e. The van der Waals surface area contributed by atoms with Crippen LogP contribution in [0.4, 0.5) is 5.82 Å². The van der Waals surface area contributed by atoms with E-state index in [-0.39, 0.29) is 6.04 Å². The maximum absolute atomic E-state index is 11.1. The number of fused-ring (bicyclic) bond motifs is 1. The number of nitrogens with one attached hydrogen (secondary N) is 1. The lowest BCUT2D eigenvalue weighted by Crippen LogP contribution is -2.09. The summed E-state index contributed by atoms with van der Waals surface area (Å²) in [6, 6.07) is 14.0. The zero-order valence-electron chi connectivity index (χ0n) is 12.6. The molecule has 1 aromatic heterocycles. The van der Waals surface area contributed by atoms with Gasteiger partial charge in [-0.15, -0.1) is 0 Å². The van der Waals surface area contributed by atoms with Gasteiger partial charge < -0.3 is 5.32 Å². The standard InChI is InChI=1S/C18H17N3O/c1-12-5-3-6-14(9-12)13(2)21-18-16-8-4-7-15(10-22)17(16)19-11-20-18/h3-11,13H,1-2H3,(H,19,20,21). The fourth-order valence-corrected chi connectivity index (χ4v) is 2.55. The predicted molar refractivity (Wildman–Crippen MR) is 88.1 cm³/mol. The van der Waals surface area contributed by atoms with Gasteiger partial charge in [0.1, 0.15) is 12.1 Å². The van der Waals surface area contributed by atoms with Gasteiger partial charge in [-0.2, -0.15) is 0 Å². The van der Waals surface area contributed by atoms with Crippen LogP contribution in [0.5, 0.6) is 0 Å². The van der Waals surface area contributed by atoms with Crippen LogP contribution in [0, 0.1) is 6.92 Å². The molecule has 1 heterocycles. The summed E-state index contributed by atoms with van der Waals surface area (Å²) in [7, 11) is 0. The number of para-hydroxylation sites is 1. The predicted octanol–water partition coefficient (Wildman–Crippen LogP) is 3.92. The first-order valence-corrected chi connectivity index (χ1v) is 7.21. The molecule has 2 aromatic carbocycles. The van der Waals surface area contributed by atoms with E-state index in [1.165, 1.54) is 17.5 Å². The van der Waals surface area contributed by atoms with Crippen LogP contribution in [0.15, 0.2) is 48.8 Å². The number of aromatic nitrogens is 2. The molecule has 0 aliphatic carbocycles. The van der Waals surface area contributed by atoms with E-state index in [0.717, 1.165) is 17.5 Å². The van der Waals surface area contributed by atoms with Gasteiger partial charge in [-0.05, 0) is 31.5 Å². The van der Waals surface area contributed by atoms with E-state index in [9.17, 15) is 4.79 Å². The maximum atomic E-state index is 11.1. The molecular formula is C18H17N3O. The number of benzene rings is 2. The Bertz CT molecular complexity index is 829. The summed E-state index contributed by atoms with van der Waals surface area (Å²) in [4.78, 5) is 19.7. The molecule has 0 saturated heterocycles. The number of rotatable bonds is 4. The quantitative estimate of drug-likeness (QED) is 0.740. The van der Waals surface area contributed by atoms with Crippen molar-refractivity contribution in [3.63, 3.8) is 0 Å². The Hall–Kier alpha value is -2.75. The second kappa shape index (κ2) is 5.93. The Kier molecular flexibility index (Phi) is 3.83. The number of anilines is 1. The van der Waals surface area contributed by atoms with E-state index >= 15 is 0 Å². The van der Waals surface area contributed by atoms with Gasteiger partial charge in [-0.25, -0.2) is 9.97 Å². The zero-order valence-corrected chi connectivity index (χ0v) is 12.6. The molecule has 0 radical (unpaired) electrons. The monoisotopic (exact) mass is 291 g/mol. The van der Waals surface area contributed by atoms with E-state index in [0.29, 0.717) is 11.1 Å². The molecule has 1 unspecified atom stereocenters. The largest absolute Gasteiger partial charge is 0.363 e. The van der Waals surface area contributed by atoms with Crippen molar-refractivity contribution in [1.29, 1.82) is 0 Å². The molecule has 0 saturated carbocycles. The summed E-state index contributed by atoms with van der Waals surface area (Å²) in [5.74, 6) is 0.739. The zero-order chi connectivity index (χ0) is 15.5. The van der Waals surface area contributed by atoms with Crippen molar-refractivity contribution in [2.45, 2.75) is 19.9 Å². The molecule has 1 atom stereocenters. The van der Waals surface area contributed by atoms with Crippen LogP contribution in [-0.2, 0) is 0 Å². The van der Waals surface area contributed by atoms with Crippen LogP contribution >= 0.6 is 0 Å². The molecule has 4 heteroatoms. The highest BCUT2D eigenvalue weighted by Crippen LogP contribution is 2.25. The fraction of sp³-hybridized carbons (Fsp3) is 0.167. The van der Waals surface area contributed by atoms with Crippen molar-refractivity contribution < 1.29 is 4.79 Å². The Morgan fingerprint density at radius 2 is 1.95 bits per heavy atom. The molecule has 4 nitrogen and oxygen atoms in total. The van der Waals surface area contributed by atoms with E-state index in [4.69, 9.17) is 0 Å². The number of aryl methyl sites for hydroxylation is 1. The molecule has 0 bridgehead atoms. The first kappa shape index (κ1) is 14.2. The smallest absolute Gasteiger partial charge is 0.152 e. The molecule has 0 aliphatic heterocycles. The number of hydrogen-bond acceptors (Lipinski definition) is 4. The summed E-state index contributed by atoms with van der Waals surface area (Å²) in [6.07, 6.45) is 2.31. The van der Waals surface area contributed by atoms with Crippen LogP contribution in [0.25, 0.3) is 10.9 Å². The van der Waals surface area contributed by atoms with Crippen molar-refractivity contribution in [3.8, 4) is 0 Å². The SMILES string of the molecule is Cc1cccc(C(C)Nc2ncnc3c(C=O)cccc23)c1. The first-order chi connectivity index (χ1) is 10.7. The minimum atomic E-state index is 0.109. The van der Waals surface area contributed by atoms with Crippen LogP contribution in [0.2, 0.25) is 0 Å². The minimum absolute atomic E-state index is 0.109. The topological polar surface area (TPSA) is 54.9 Å². The Morgan fingerprint density at radius 3 is 2.73 bits per heavy atom. The second-order valence-corrected chi connectivity index (χ2v) is 5.36. The Labute approximate surface area is 129 Å². The highest BCUT2D eigenvalue weighted by Gasteiger charge is 2.11. The van der Waals surface area contributed by atoms with E-state index in [1.54, 1.807) is 6.07 Å². The lowest BCUT2D eigenvalue weighted by molar-refractivity contribution is 0.112. The molecule has 3 rings (SSSR count). The molecular weight excluding hydrogens is 274 g/mol. The van der Waals surface area contributed by atoms with Crippen molar-refractivity contribution in [2.75, 3.05) is 5.32 Å². The average molecular weight is 291 g/mol. The summed E-state index contributed by atoms with van der Waals surface area (Å²) in [6.45, 7) is 4.17. The average Bonchev–Trinajstić information content (AvgIpc) is 2.54. The summed E-state index contributed by atoms with van der Waals surface area (Å²) < 4.78 is 0. The molecule has 0 amide bonds. The summed E-state index contributed by atoms with van der Waals surface area (Å²) >= 11 is 0. The lowest BCUT2D eigenvalue weighted by Gasteiger charge is -2.17. The van der Waals surface area contributed by atoms with Gasteiger partial charge in [0, 0.05) is 17.0 Å². The van der Waals surface area contributed by atoms with E-state index in [2.05, 4.69) is 47.3 Å². The third-order valence-electron chi connectivity index (χ3n) is 3.72. The minimum Gasteiger partial charge on any atom is -0.363 e. The Balaban J connectivity index is 1.99. The van der Waals surface area contributed by atoms with Crippen molar-refractivity contribution in [3.05, 3.63) is 65.5 Å². The number of aldehydes is 1. The van der Waals surface area contributed by atoms with Gasteiger partial charge in [0.05, 0.1) is 5.52 Å². The first-order valence-electron chi connectivity index (χ1n) is 7.21. The van der Waals surface area contributed by atoms with Crippen LogP contribution < -0.4 is 5.32 Å². The molecule has 22 heavy (non-hydrogen) atoms.